The molecular weight excluding hydrogens is 214 g/mol. The van der Waals surface area contributed by atoms with Gasteiger partial charge in [0.2, 0.25) is 5.91 Å². The molecule has 0 aromatic rings. The lowest BCUT2D eigenvalue weighted by Gasteiger charge is -2.27. The highest BCUT2D eigenvalue weighted by Gasteiger charge is 2.36. The third-order valence-corrected chi connectivity index (χ3v) is 4.38. The SMILES string of the molecule is CCCC(N)C(=O)N1CCC2CCC(C1)N2C. The first-order valence-electron chi connectivity index (χ1n) is 6.89. The number of rotatable bonds is 3. The zero-order valence-corrected chi connectivity index (χ0v) is 11.1. The van der Waals surface area contributed by atoms with Crippen LogP contribution in [0.3, 0.4) is 0 Å². The van der Waals surface area contributed by atoms with Gasteiger partial charge < -0.3 is 10.6 Å². The van der Waals surface area contributed by atoms with Crippen LogP contribution in [0.5, 0.6) is 0 Å². The van der Waals surface area contributed by atoms with Gasteiger partial charge in [0.1, 0.15) is 0 Å². The third kappa shape index (κ3) is 2.63. The first-order valence-corrected chi connectivity index (χ1v) is 6.89. The van der Waals surface area contributed by atoms with Crippen LogP contribution in [0.4, 0.5) is 0 Å². The van der Waals surface area contributed by atoms with Crippen molar-refractivity contribution >= 4 is 5.91 Å². The van der Waals surface area contributed by atoms with Gasteiger partial charge in [-0.25, -0.2) is 0 Å². The maximum absolute atomic E-state index is 12.2. The fourth-order valence-corrected chi connectivity index (χ4v) is 3.18. The average molecular weight is 239 g/mol. The largest absolute Gasteiger partial charge is 0.340 e. The molecule has 2 fully saturated rings. The van der Waals surface area contributed by atoms with E-state index in [1.165, 1.54) is 12.8 Å². The van der Waals surface area contributed by atoms with Crippen molar-refractivity contribution in [2.24, 2.45) is 5.73 Å². The van der Waals surface area contributed by atoms with Gasteiger partial charge in [-0.05, 0) is 32.7 Å². The van der Waals surface area contributed by atoms with Crippen LogP contribution in [0, 0.1) is 0 Å². The van der Waals surface area contributed by atoms with Gasteiger partial charge in [-0.15, -0.1) is 0 Å². The number of carbonyl (C=O) groups is 1. The normalized spacial score (nSPS) is 31.4. The van der Waals surface area contributed by atoms with Gasteiger partial charge in [0.05, 0.1) is 6.04 Å². The maximum Gasteiger partial charge on any atom is 0.239 e. The summed E-state index contributed by atoms with van der Waals surface area (Å²) in [5.41, 5.74) is 5.94. The molecule has 2 heterocycles. The van der Waals surface area contributed by atoms with E-state index in [-0.39, 0.29) is 11.9 Å². The number of likely N-dealkylation sites (tertiary alicyclic amines) is 1. The number of hydrogen-bond donors (Lipinski definition) is 1. The quantitative estimate of drug-likeness (QED) is 0.793. The Morgan fingerprint density at radius 2 is 2.06 bits per heavy atom. The minimum Gasteiger partial charge on any atom is -0.340 e. The summed E-state index contributed by atoms with van der Waals surface area (Å²) in [6.45, 7) is 3.84. The van der Waals surface area contributed by atoms with Crippen molar-refractivity contribution in [2.45, 2.75) is 57.2 Å². The molecule has 2 N–H and O–H groups in total. The maximum atomic E-state index is 12.2. The third-order valence-electron chi connectivity index (χ3n) is 4.38. The average Bonchev–Trinajstić information content (AvgIpc) is 2.53. The van der Waals surface area contributed by atoms with E-state index in [2.05, 4.69) is 18.9 Å². The Labute approximate surface area is 104 Å². The van der Waals surface area contributed by atoms with E-state index >= 15 is 0 Å². The van der Waals surface area contributed by atoms with Crippen LogP contribution >= 0.6 is 0 Å². The van der Waals surface area contributed by atoms with Crippen LogP contribution in [0.15, 0.2) is 0 Å². The highest BCUT2D eigenvalue weighted by Crippen LogP contribution is 2.28. The summed E-state index contributed by atoms with van der Waals surface area (Å²) < 4.78 is 0. The molecule has 3 unspecified atom stereocenters. The fourth-order valence-electron chi connectivity index (χ4n) is 3.18. The van der Waals surface area contributed by atoms with Crippen LogP contribution in [-0.2, 0) is 4.79 Å². The van der Waals surface area contributed by atoms with E-state index in [1.807, 2.05) is 4.90 Å². The number of amides is 1. The number of fused-ring (bicyclic) bond motifs is 2. The van der Waals surface area contributed by atoms with Crippen molar-refractivity contribution < 1.29 is 4.79 Å². The van der Waals surface area contributed by atoms with E-state index in [4.69, 9.17) is 5.73 Å². The molecule has 17 heavy (non-hydrogen) atoms. The second-order valence-corrected chi connectivity index (χ2v) is 5.52. The molecule has 2 saturated heterocycles. The van der Waals surface area contributed by atoms with Crippen molar-refractivity contribution in [3.8, 4) is 0 Å². The Balaban J connectivity index is 1.96. The summed E-state index contributed by atoms with van der Waals surface area (Å²) >= 11 is 0. The van der Waals surface area contributed by atoms with Crippen molar-refractivity contribution in [1.29, 1.82) is 0 Å². The van der Waals surface area contributed by atoms with Crippen LogP contribution < -0.4 is 5.73 Å². The topological polar surface area (TPSA) is 49.6 Å². The van der Waals surface area contributed by atoms with E-state index in [1.54, 1.807) is 0 Å². The summed E-state index contributed by atoms with van der Waals surface area (Å²) in [6.07, 6.45) is 5.42. The van der Waals surface area contributed by atoms with E-state index in [0.29, 0.717) is 12.1 Å². The Morgan fingerprint density at radius 3 is 2.76 bits per heavy atom. The highest BCUT2D eigenvalue weighted by molar-refractivity contribution is 5.81. The molecule has 0 aromatic carbocycles. The van der Waals surface area contributed by atoms with Gasteiger partial charge in [-0.2, -0.15) is 0 Å². The molecule has 2 aliphatic heterocycles. The van der Waals surface area contributed by atoms with Crippen LogP contribution in [0.2, 0.25) is 0 Å². The van der Waals surface area contributed by atoms with Gasteiger partial charge in [-0.3, -0.25) is 9.69 Å². The fraction of sp³-hybridized carbons (Fsp3) is 0.923. The number of carbonyl (C=O) groups excluding carboxylic acids is 1. The van der Waals surface area contributed by atoms with Gasteiger partial charge in [0.25, 0.3) is 0 Å². The number of nitrogens with zero attached hydrogens (tertiary/aromatic N) is 2. The van der Waals surface area contributed by atoms with E-state index in [9.17, 15) is 4.79 Å². The monoisotopic (exact) mass is 239 g/mol. The first-order chi connectivity index (χ1) is 8.13. The molecule has 98 valence electrons. The molecule has 2 bridgehead atoms. The van der Waals surface area contributed by atoms with Gasteiger partial charge in [-0.1, -0.05) is 13.3 Å². The molecule has 4 nitrogen and oxygen atoms in total. The first kappa shape index (κ1) is 12.8. The van der Waals surface area contributed by atoms with Gasteiger partial charge in [0.15, 0.2) is 0 Å². The van der Waals surface area contributed by atoms with Crippen LogP contribution in [-0.4, -0.2) is 54.0 Å². The highest BCUT2D eigenvalue weighted by atomic mass is 16.2. The molecule has 0 aromatic heterocycles. The predicted molar refractivity (Wildman–Crippen MR) is 68.7 cm³/mol. The second-order valence-electron chi connectivity index (χ2n) is 5.52. The second kappa shape index (κ2) is 5.36. The number of nitrogens with two attached hydrogens (primary N) is 1. The molecule has 2 rings (SSSR count). The standard InChI is InChI=1S/C13H25N3O/c1-3-4-12(14)13(17)16-8-7-10-5-6-11(9-16)15(10)2/h10-12H,3-9,14H2,1-2H3. The Bertz CT molecular complexity index is 282. The molecule has 3 atom stereocenters. The Hall–Kier alpha value is -0.610. The molecule has 0 spiro atoms. The van der Waals surface area contributed by atoms with E-state index < -0.39 is 0 Å². The van der Waals surface area contributed by atoms with Gasteiger partial charge in [0, 0.05) is 25.2 Å². The minimum absolute atomic E-state index is 0.160. The summed E-state index contributed by atoms with van der Waals surface area (Å²) in [5.74, 6) is 0.160. The Kier molecular flexibility index (Phi) is 4.05. The summed E-state index contributed by atoms with van der Waals surface area (Å²) in [7, 11) is 2.20. The molecule has 1 amide bonds. The van der Waals surface area contributed by atoms with Crippen molar-refractivity contribution in [1.82, 2.24) is 9.80 Å². The zero-order valence-electron chi connectivity index (χ0n) is 11.1. The lowest BCUT2D eigenvalue weighted by molar-refractivity contribution is -0.133. The number of hydrogen-bond acceptors (Lipinski definition) is 3. The van der Waals surface area contributed by atoms with Crippen molar-refractivity contribution in [2.75, 3.05) is 20.1 Å². The minimum atomic E-state index is -0.290. The van der Waals surface area contributed by atoms with Gasteiger partial charge >= 0.3 is 0 Å². The summed E-state index contributed by atoms with van der Waals surface area (Å²) in [5, 5.41) is 0. The molecule has 4 heteroatoms. The molecule has 0 radical (unpaired) electrons. The number of likely N-dealkylation sites (N-methyl/N-ethyl adjacent to an activating group) is 1. The van der Waals surface area contributed by atoms with Crippen LogP contribution in [0.25, 0.3) is 0 Å². The summed E-state index contributed by atoms with van der Waals surface area (Å²) in [4.78, 5) is 16.7. The lowest BCUT2D eigenvalue weighted by Crippen LogP contribution is -2.47. The smallest absolute Gasteiger partial charge is 0.239 e. The zero-order chi connectivity index (χ0) is 12.4. The molecular formula is C13H25N3O. The predicted octanol–water partition coefficient (Wildman–Crippen LogP) is 0.809. The van der Waals surface area contributed by atoms with Crippen LogP contribution in [0.1, 0.15) is 39.0 Å². The van der Waals surface area contributed by atoms with Crippen molar-refractivity contribution in [3.63, 3.8) is 0 Å². The molecule has 0 saturated carbocycles. The van der Waals surface area contributed by atoms with E-state index in [0.717, 1.165) is 32.4 Å². The Morgan fingerprint density at radius 1 is 1.35 bits per heavy atom. The van der Waals surface area contributed by atoms with Crippen molar-refractivity contribution in [3.05, 3.63) is 0 Å². The summed E-state index contributed by atoms with van der Waals surface area (Å²) in [6, 6.07) is 0.947. The molecule has 0 aliphatic carbocycles. The molecule has 2 aliphatic rings. The lowest BCUT2D eigenvalue weighted by atomic mass is 10.1.